The van der Waals surface area contributed by atoms with Crippen LogP contribution in [-0.4, -0.2) is 25.2 Å². The molecule has 0 saturated carbocycles. The van der Waals surface area contributed by atoms with Crippen LogP contribution in [0.2, 0.25) is 0 Å². The summed E-state index contributed by atoms with van der Waals surface area (Å²) >= 11 is 0. The fourth-order valence-electron chi connectivity index (χ4n) is 3.07. The molecule has 1 aromatic carbocycles. The number of carboxylic acids is 1. The van der Waals surface area contributed by atoms with Crippen LogP contribution in [0.3, 0.4) is 0 Å². The number of benzene rings is 1. The van der Waals surface area contributed by atoms with Gasteiger partial charge in [-0.05, 0) is 44.2 Å². The van der Waals surface area contributed by atoms with E-state index in [4.69, 9.17) is 5.11 Å². The molecule has 0 aromatic heterocycles. The monoisotopic (exact) mass is 403 g/mol. The first kappa shape index (κ1) is 27.2. The van der Waals surface area contributed by atoms with E-state index in [1.54, 1.807) is 0 Å². The van der Waals surface area contributed by atoms with Gasteiger partial charge < -0.3 is 10.0 Å². The molecule has 1 N–H and O–H groups in total. The molecule has 0 spiro atoms. The van der Waals surface area contributed by atoms with E-state index in [1.807, 2.05) is 32.3 Å². The lowest BCUT2D eigenvalue weighted by atomic mass is 10.1. The van der Waals surface area contributed by atoms with Gasteiger partial charge in [0, 0.05) is 26.2 Å². The fourth-order valence-corrected chi connectivity index (χ4v) is 3.07. The molecule has 0 heterocycles. The molecule has 1 aromatic rings. The van der Waals surface area contributed by atoms with Crippen molar-refractivity contribution in [2.24, 2.45) is 0 Å². The van der Waals surface area contributed by atoms with Crippen LogP contribution in [0.15, 0.2) is 42.5 Å². The first-order chi connectivity index (χ1) is 14.1. The maximum Gasteiger partial charge on any atom is 0.303 e. The van der Waals surface area contributed by atoms with Crippen LogP contribution in [-0.2, 0) is 4.79 Å². The number of rotatable bonds is 16. The van der Waals surface area contributed by atoms with Gasteiger partial charge in [-0.1, -0.05) is 88.6 Å². The highest BCUT2D eigenvalue weighted by atomic mass is 16.4. The van der Waals surface area contributed by atoms with Gasteiger partial charge in [-0.3, -0.25) is 4.79 Å². The Kier molecular flexibility index (Phi) is 19.7. The third-order valence-corrected chi connectivity index (χ3v) is 4.93. The van der Waals surface area contributed by atoms with Crippen LogP contribution in [0.4, 0.5) is 5.69 Å². The van der Waals surface area contributed by atoms with E-state index < -0.39 is 5.97 Å². The van der Waals surface area contributed by atoms with Crippen LogP contribution in [0, 0.1) is 0 Å². The summed E-state index contributed by atoms with van der Waals surface area (Å²) in [4.78, 5) is 12.4. The molecular formula is C26H45NO2. The zero-order chi connectivity index (χ0) is 21.6. The fraction of sp³-hybridized carbons (Fsp3) is 0.654. The summed E-state index contributed by atoms with van der Waals surface area (Å²) in [5, 5.41) is 8.51. The molecule has 0 amide bonds. The van der Waals surface area contributed by atoms with Crippen LogP contribution >= 0.6 is 0 Å². The van der Waals surface area contributed by atoms with Gasteiger partial charge in [0.15, 0.2) is 0 Å². The molecular weight excluding hydrogens is 358 g/mol. The summed E-state index contributed by atoms with van der Waals surface area (Å²) in [6.07, 6.45) is 21.2. The molecule has 0 radical (unpaired) electrons. The zero-order valence-corrected chi connectivity index (χ0v) is 19.2. The molecule has 0 fully saturated rings. The molecule has 0 aliphatic rings. The summed E-state index contributed by atoms with van der Waals surface area (Å²) in [6, 6.07) is 10.3. The molecule has 0 aliphatic carbocycles. The average Bonchev–Trinajstić information content (AvgIpc) is 2.72. The maximum absolute atomic E-state index is 10.3. The average molecular weight is 404 g/mol. The van der Waals surface area contributed by atoms with Crippen molar-refractivity contribution in [1.82, 2.24) is 0 Å². The quantitative estimate of drug-likeness (QED) is 0.225. The van der Waals surface area contributed by atoms with Crippen LogP contribution in [0.5, 0.6) is 0 Å². The third-order valence-electron chi connectivity index (χ3n) is 4.93. The Balaban J connectivity index is 0.000000717. The molecule has 29 heavy (non-hydrogen) atoms. The normalized spacial score (nSPS) is 10.6. The maximum atomic E-state index is 10.3. The Hall–Kier alpha value is -1.77. The summed E-state index contributed by atoms with van der Waals surface area (Å²) in [5.74, 6) is -0.664. The van der Waals surface area contributed by atoms with Gasteiger partial charge in [-0.2, -0.15) is 0 Å². The van der Waals surface area contributed by atoms with Gasteiger partial charge in [0.1, 0.15) is 0 Å². The van der Waals surface area contributed by atoms with Crippen molar-refractivity contribution in [2.45, 2.75) is 96.8 Å². The summed E-state index contributed by atoms with van der Waals surface area (Å²) < 4.78 is 0. The minimum Gasteiger partial charge on any atom is -0.481 e. The molecule has 1 rings (SSSR count). The van der Waals surface area contributed by atoms with Crippen LogP contribution < -0.4 is 4.90 Å². The lowest BCUT2D eigenvalue weighted by Crippen LogP contribution is -2.07. The van der Waals surface area contributed by atoms with E-state index in [9.17, 15) is 4.79 Å². The van der Waals surface area contributed by atoms with Crippen LogP contribution in [0.25, 0.3) is 0 Å². The Labute approximate surface area is 180 Å². The Bertz CT molecular complexity index is 497. The Morgan fingerprint density at radius 1 is 0.793 bits per heavy atom. The van der Waals surface area contributed by atoms with Crippen molar-refractivity contribution in [3.8, 4) is 0 Å². The van der Waals surface area contributed by atoms with Crippen LogP contribution in [0.1, 0.15) is 96.8 Å². The number of allylic oxidation sites excluding steroid dienone is 2. The van der Waals surface area contributed by atoms with E-state index in [-0.39, 0.29) is 0 Å². The van der Waals surface area contributed by atoms with Crippen molar-refractivity contribution < 1.29 is 9.90 Å². The van der Waals surface area contributed by atoms with E-state index in [2.05, 4.69) is 36.1 Å². The van der Waals surface area contributed by atoms with Crippen molar-refractivity contribution in [3.63, 3.8) is 0 Å². The molecule has 0 saturated heterocycles. The first-order valence-electron chi connectivity index (χ1n) is 11.7. The number of carboxylic acid groups (broad SMARTS) is 1. The highest BCUT2D eigenvalue weighted by molar-refractivity contribution is 5.66. The second-order valence-electron chi connectivity index (χ2n) is 7.96. The molecule has 0 bridgehead atoms. The lowest BCUT2D eigenvalue weighted by molar-refractivity contribution is -0.137. The highest BCUT2D eigenvalue weighted by Gasteiger charge is 1.95. The van der Waals surface area contributed by atoms with Gasteiger partial charge in [0.05, 0.1) is 0 Å². The molecule has 3 nitrogen and oxygen atoms in total. The number of carbonyl (C=O) groups is 1. The smallest absolute Gasteiger partial charge is 0.303 e. The molecule has 166 valence electrons. The van der Waals surface area contributed by atoms with Gasteiger partial charge >= 0.3 is 5.97 Å². The van der Waals surface area contributed by atoms with Gasteiger partial charge in [0.25, 0.3) is 0 Å². The molecule has 0 atom stereocenters. The number of para-hydroxylation sites is 1. The number of unbranched alkanes of at least 4 members (excludes halogenated alkanes) is 11. The summed E-state index contributed by atoms with van der Waals surface area (Å²) in [6.45, 7) is 2.26. The number of nitrogens with zero attached hydrogens (tertiary/aromatic N) is 1. The summed E-state index contributed by atoms with van der Waals surface area (Å²) in [5.41, 5.74) is 1.25. The van der Waals surface area contributed by atoms with Gasteiger partial charge in [0.2, 0.25) is 0 Å². The van der Waals surface area contributed by atoms with Crippen molar-refractivity contribution in [1.29, 1.82) is 0 Å². The summed E-state index contributed by atoms with van der Waals surface area (Å²) in [7, 11) is 4.07. The number of aliphatic carboxylic acids is 1. The Morgan fingerprint density at radius 3 is 1.72 bits per heavy atom. The Morgan fingerprint density at radius 2 is 1.28 bits per heavy atom. The topological polar surface area (TPSA) is 40.5 Å². The third kappa shape index (κ3) is 20.8. The van der Waals surface area contributed by atoms with Gasteiger partial charge in [-0.25, -0.2) is 0 Å². The van der Waals surface area contributed by atoms with Crippen molar-refractivity contribution >= 4 is 11.7 Å². The zero-order valence-electron chi connectivity index (χ0n) is 19.2. The second-order valence-corrected chi connectivity index (χ2v) is 7.96. The van der Waals surface area contributed by atoms with E-state index in [0.29, 0.717) is 6.42 Å². The van der Waals surface area contributed by atoms with Crippen molar-refractivity contribution in [3.05, 3.63) is 42.5 Å². The predicted molar refractivity (Wildman–Crippen MR) is 128 cm³/mol. The molecule has 0 aliphatic heterocycles. The highest BCUT2D eigenvalue weighted by Crippen LogP contribution is 2.10. The lowest BCUT2D eigenvalue weighted by Gasteiger charge is -2.10. The minimum absolute atomic E-state index is 0.332. The molecule has 0 unspecified atom stereocenters. The first-order valence-corrected chi connectivity index (χ1v) is 11.7. The standard InChI is InChI=1S/C18H34O2.C8H11N/c1-2-3-4-5-6-7-8-9-10-11-12-13-14-15-16-17-18(19)20;1-9(2)8-6-4-3-5-7-8/h9-10H,2-8,11-17H2,1H3,(H,19,20);3-7H,1-2H3/b10-9-;. The predicted octanol–water partition coefficient (Wildman–Crippen LogP) is 7.86. The second kappa shape index (κ2) is 21.0. The van der Waals surface area contributed by atoms with Gasteiger partial charge in [-0.15, -0.1) is 0 Å². The van der Waals surface area contributed by atoms with E-state index in [0.717, 1.165) is 12.8 Å². The largest absolute Gasteiger partial charge is 0.481 e. The van der Waals surface area contributed by atoms with E-state index in [1.165, 1.54) is 76.3 Å². The molecule has 3 heteroatoms. The number of hydrogen-bond acceptors (Lipinski definition) is 2. The van der Waals surface area contributed by atoms with E-state index >= 15 is 0 Å². The SMILES string of the molecule is CCCCCCCC/C=C\CCCCCCCC(=O)O.CN(C)c1ccccc1. The number of anilines is 1. The number of hydrogen-bond donors (Lipinski definition) is 1. The minimum atomic E-state index is -0.664. The van der Waals surface area contributed by atoms with Crippen molar-refractivity contribution in [2.75, 3.05) is 19.0 Å².